The van der Waals surface area contributed by atoms with Crippen molar-refractivity contribution < 1.29 is 9.90 Å². The van der Waals surface area contributed by atoms with E-state index >= 15 is 0 Å². The maximum absolute atomic E-state index is 11.9. The Balaban J connectivity index is 1.67. The van der Waals surface area contributed by atoms with E-state index in [9.17, 15) is 9.90 Å². The van der Waals surface area contributed by atoms with Crippen molar-refractivity contribution in [3.05, 3.63) is 17.8 Å². The maximum atomic E-state index is 11.9. The molecule has 2 N–H and O–H groups in total. The van der Waals surface area contributed by atoms with Crippen LogP contribution in [0.4, 0.5) is 5.82 Å². The molecule has 25 heavy (non-hydrogen) atoms. The van der Waals surface area contributed by atoms with Gasteiger partial charge in [0.25, 0.3) is 5.91 Å². The van der Waals surface area contributed by atoms with Gasteiger partial charge in [0, 0.05) is 32.1 Å². The van der Waals surface area contributed by atoms with Crippen LogP contribution < -0.4 is 5.32 Å². The molecular formula is C18H29N5O2. The molecule has 4 atom stereocenters. The Morgan fingerprint density at radius 1 is 1.36 bits per heavy atom. The summed E-state index contributed by atoms with van der Waals surface area (Å²) < 4.78 is 0. The minimum Gasteiger partial charge on any atom is -0.391 e. The lowest BCUT2D eigenvalue weighted by Gasteiger charge is -2.57. The fraction of sp³-hybridized carbons (Fsp3) is 0.722. The van der Waals surface area contributed by atoms with Gasteiger partial charge in [0.1, 0.15) is 5.82 Å². The fourth-order valence-electron chi connectivity index (χ4n) is 4.94. The summed E-state index contributed by atoms with van der Waals surface area (Å²) in [5.41, 5.74) is 0.508. The summed E-state index contributed by atoms with van der Waals surface area (Å²) in [5, 5.41) is 22.0. The van der Waals surface area contributed by atoms with Gasteiger partial charge in [-0.1, -0.05) is 13.8 Å². The van der Waals surface area contributed by atoms with Gasteiger partial charge in [0.2, 0.25) is 0 Å². The lowest BCUT2D eigenvalue weighted by atomic mass is 9.66. The van der Waals surface area contributed by atoms with Gasteiger partial charge < -0.3 is 20.2 Å². The molecule has 2 unspecified atom stereocenters. The van der Waals surface area contributed by atoms with Crippen molar-refractivity contribution in [3.8, 4) is 0 Å². The van der Waals surface area contributed by atoms with Crippen molar-refractivity contribution in [2.24, 2.45) is 11.3 Å². The van der Waals surface area contributed by atoms with Crippen LogP contribution in [0.3, 0.4) is 0 Å². The molecule has 0 radical (unpaired) electrons. The van der Waals surface area contributed by atoms with Gasteiger partial charge in [0.05, 0.1) is 12.1 Å². The highest BCUT2D eigenvalue weighted by atomic mass is 16.3. The molecule has 0 aromatic carbocycles. The number of carbonyl (C=O) groups excluding carboxylic acids is 1. The van der Waals surface area contributed by atoms with Crippen molar-refractivity contribution in [2.75, 3.05) is 33.0 Å². The molecular weight excluding hydrogens is 318 g/mol. The van der Waals surface area contributed by atoms with Gasteiger partial charge in [-0.05, 0) is 37.9 Å². The number of nitrogens with one attached hydrogen (secondary N) is 1. The summed E-state index contributed by atoms with van der Waals surface area (Å²) in [6.45, 7) is 5.54. The first-order valence-electron chi connectivity index (χ1n) is 8.94. The lowest BCUT2D eigenvalue weighted by molar-refractivity contribution is -0.0825. The molecule has 7 heteroatoms. The Morgan fingerprint density at radius 3 is 2.60 bits per heavy atom. The van der Waals surface area contributed by atoms with E-state index in [1.807, 2.05) is 0 Å². The topological polar surface area (TPSA) is 81.6 Å². The summed E-state index contributed by atoms with van der Waals surface area (Å²) in [7, 11) is 5.53. The second kappa shape index (κ2) is 6.53. The fourth-order valence-corrected chi connectivity index (χ4v) is 4.94. The maximum Gasteiger partial charge on any atom is 0.273 e. The van der Waals surface area contributed by atoms with Crippen molar-refractivity contribution in [3.63, 3.8) is 0 Å². The molecule has 1 saturated heterocycles. The van der Waals surface area contributed by atoms with Gasteiger partial charge in [-0.2, -0.15) is 0 Å². The van der Waals surface area contributed by atoms with E-state index in [1.54, 1.807) is 26.2 Å². The lowest BCUT2D eigenvalue weighted by Crippen LogP contribution is -2.64. The molecule has 1 aromatic rings. The number of carbonyl (C=O) groups is 1. The Kier molecular flexibility index (Phi) is 4.72. The van der Waals surface area contributed by atoms with E-state index in [4.69, 9.17) is 0 Å². The standard InChI is InChI=1S/C18H29N5O2/c1-11(2)16-18(10-23(16)5)8-13(14(24)9-18)19-15-7-6-12(20-21-15)17(25)22(3)4/h6-7,11,13-14,16,24H,8-10H2,1-5H3,(H,19,21)/t13-,14-,16?,18?/m1/s1. The summed E-state index contributed by atoms with van der Waals surface area (Å²) in [6, 6.07) is 3.91. The Labute approximate surface area is 149 Å². The summed E-state index contributed by atoms with van der Waals surface area (Å²) in [6.07, 6.45) is 1.36. The van der Waals surface area contributed by atoms with E-state index in [0.29, 0.717) is 23.5 Å². The second-order valence-electron chi connectivity index (χ2n) is 8.20. The molecule has 7 nitrogen and oxygen atoms in total. The number of likely N-dealkylation sites (tertiary alicyclic amines) is 1. The van der Waals surface area contributed by atoms with Crippen LogP contribution in [0.15, 0.2) is 12.1 Å². The number of anilines is 1. The molecule has 1 spiro atoms. The van der Waals surface area contributed by atoms with Crippen LogP contribution in [-0.4, -0.2) is 76.9 Å². The minimum absolute atomic E-state index is 0.0281. The third kappa shape index (κ3) is 3.22. The van der Waals surface area contributed by atoms with Gasteiger partial charge in [-0.25, -0.2) is 0 Å². The highest BCUT2D eigenvalue weighted by Crippen LogP contribution is 2.52. The van der Waals surface area contributed by atoms with E-state index in [1.165, 1.54) is 4.90 Å². The first kappa shape index (κ1) is 18.1. The molecule has 1 aliphatic heterocycles. The predicted octanol–water partition coefficient (Wildman–Crippen LogP) is 1.07. The zero-order valence-electron chi connectivity index (χ0n) is 15.7. The van der Waals surface area contributed by atoms with Gasteiger partial charge in [-0.3, -0.25) is 4.79 Å². The zero-order valence-corrected chi connectivity index (χ0v) is 15.7. The SMILES string of the molecule is CC(C)C1N(C)CC12C[C@@H](O)[C@H](Nc1ccc(C(=O)N(C)C)nn1)C2. The van der Waals surface area contributed by atoms with Crippen molar-refractivity contribution in [1.82, 2.24) is 20.0 Å². The molecule has 1 aromatic heterocycles. The molecule has 3 rings (SSSR count). The van der Waals surface area contributed by atoms with Gasteiger partial charge >= 0.3 is 0 Å². The minimum atomic E-state index is -0.389. The first-order valence-corrected chi connectivity index (χ1v) is 8.94. The normalized spacial score (nSPS) is 32.0. The van der Waals surface area contributed by atoms with Crippen LogP contribution in [0.25, 0.3) is 0 Å². The van der Waals surface area contributed by atoms with Crippen LogP contribution in [0, 0.1) is 11.3 Å². The summed E-state index contributed by atoms with van der Waals surface area (Å²) >= 11 is 0. The largest absolute Gasteiger partial charge is 0.391 e. The number of nitrogens with zero attached hydrogens (tertiary/aromatic N) is 4. The van der Waals surface area contributed by atoms with Gasteiger partial charge in [0.15, 0.2) is 5.69 Å². The number of hydrogen-bond acceptors (Lipinski definition) is 6. The summed E-state index contributed by atoms with van der Waals surface area (Å²) in [5.74, 6) is 1.00. The highest BCUT2D eigenvalue weighted by Gasteiger charge is 2.58. The quantitative estimate of drug-likeness (QED) is 0.848. The average Bonchev–Trinajstić information content (AvgIpc) is 2.84. The second-order valence-corrected chi connectivity index (χ2v) is 8.20. The summed E-state index contributed by atoms with van der Waals surface area (Å²) in [4.78, 5) is 15.7. The van der Waals surface area contributed by atoms with Crippen molar-refractivity contribution in [2.45, 2.75) is 44.9 Å². The van der Waals surface area contributed by atoms with Crippen LogP contribution >= 0.6 is 0 Å². The smallest absolute Gasteiger partial charge is 0.273 e. The monoisotopic (exact) mass is 347 g/mol. The number of rotatable bonds is 4. The van der Waals surface area contributed by atoms with E-state index in [-0.39, 0.29) is 23.5 Å². The molecule has 0 bridgehead atoms. The highest BCUT2D eigenvalue weighted by molar-refractivity contribution is 5.91. The van der Waals surface area contributed by atoms with Crippen LogP contribution in [0.5, 0.6) is 0 Å². The molecule has 1 aliphatic carbocycles. The van der Waals surface area contributed by atoms with Crippen LogP contribution in [-0.2, 0) is 0 Å². The first-order chi connectivity index (χ1) is 11.7. The third-order valence-electron chi connectivity index (χ3n) is 5.63. The number of aromatic nitrogens is 2. The Morgan fingerprint density at radius 2 is 2.08 bits per heavy atom. The zero-order chi connectivity index (χ0) is 18.4. The molecule has 2 fully saturated rings. The van der Waals surface area contributed by atoms with Crippen LogP contribution in [0.1, 0.15) is 37.2 Å². The van der Waals surface area contributed by atoms with Crippen molar-refractivity contribution >= 4 is 11.7 Å². The predicted molar refractivity (Wildman–Crippen MR) is 96.4 cm³/mol. The average molecular weight is 347 g/mol. The Bertz CT molecular complexity index is 628. The molecule has 2 heterocycles. The number of hydrogen-bond donors (Lipinski definition) is 2. The molecule has 1 saturated carbocycles. The third-order valence-corrected chi connectivity index (χ3v) is 5.63. The molecule has 138 valence electrons. The molecule has 2 aliphatic rings. The van der Waals surface area contributed by atoms with E-state index in [2.05, 4.69) is 41.3 Å². The number of aliphatic hydroxyl groups excluding tert-OH is 1. The van der Waals surface area contributed by atoms with E-state index in [0.717, 1.165) is 19.4 Å². The van der Waals surface area contributed by atoms with Crippen LogP contribution in [0.2, 0.25) is 0 Å². The van der Waals surface area contributed by atoms with Gasteiger partial charge in [-0.15, -0.1) is 10.2 Å². The van der Waals surface area contributed by atoms with Crippen molar-refractivity contribution in [1.29, 1.82) is 0 Å². The number of amides is 1. The van der Waals surface area contributed by atoms with E-state index < -0.39 is 0 Å². The number of aliphatic hydroxyl groups is 1. The molecule has 1 amide bonds. The Hall–Kier alpha value is -1.73.